The van der Waals surface area contributed by atoms with E-state index >= 15 is 0 Å². The first-order valence-corrected chi connectivity index (χ1v) is 7.21. The summed E-state index contributed by atoms with van der Waals surface area (Å²) in [5, 5.41) is 3.02. The van der Waals surface area contributed by atoms with Crippen molar-refractivity contribution < 1.29 is 9.59 Å². The van der Waals surface area contributed by atoms with Crippen LogP contribution in [0.5, 0.6) is 0 Å². The summed E-state index contributed by atoms with van der Waals surface area (Å²) in [6.45, 7) is 7.91. The quantitative estimate of drug-likeness (QED) is 0.849. The van der Waals surface area contributed by atoms with Gasteiger partial charge in [-0.25, -0.2) is 0 Å². The largest absolute Gasteiger partial charge is 0.368 e. The monoisotopic (exact) mass is 289 g/mol. The molecule has 0 aliphatic carbocycles. The van der Waals surface area contributed by atoms with Crippen LogP contribution >= 0.6 is 0 Å². The first-order chi connectivity index (χ1) is 9.79. The van der Waals surface area contributed by atoms with Crippen molar-refractivity contribution in [2.24, 2.45) is 5.73 Å². The number of carbonyl (C=O) groups excluding carboxylic acids is 2. The van der Waals surface area contributed by atoms with Crippen LogP contribution in [0, 0.1) is 0 Å². The van der Waals surface area contributed by atoms with Gasteiger partial charge in [0.05, 0.1) is 0 Å². The van der Waals surface area contributed by atoms with Gasteiger partial charge in [-0.2, -0.15) is 0 Å². The summed E-state index contributed by atoms with van der Waals surface area (Å²) in [6, 6.07) is 7.22. The molecular formula is C16H23N3O2. The Morgan fingerprint density at radius 3 is 2.38 bits per heavy atom. The summed E-state index contributed by atoms with van der Waals surface area (Å²) in [4.78, 5) is 25.4. The van der Waals surface area contributed by atoms with Crippen LogP contribution in [-0.4, -0.2) is 42.4 Å². The molecule has 0 saturated carbocycles. The molecule has 1 aromatic rings. The number of rotatable bonds is 2. The van der Waals surface area contributed by atoms with Gasteiger partial charge in [0.2, 0.25) is 5.91 Å². The van der Waals surface area contributed by atoms with Crippen molar-refractivity contribution in [3.63, 3.8) is 0 Å². The van der Waals surface area contributed by atoms with Crippen LogP contribution in [0.3, 0.4) is 0 Å². The lowest BCUT2D eigenvalue weighted by atomic mass is 9.86. The van der Waals surface area contributed by atoms with E-state index in [0.29, 0.717) is 25.2 Å². The Hall–Kier alpha value is -1.88. The fourth-order valence-electron chi connectivity index (χ4n) is 2.42. The third kappa shape index (κ3) is 3.61. The van der Waals surface area contributed by atoms with Crippen LogP contribution in [0.25, 0.3) is 0 Å². The van der Waals surface area contributed by atoms with E-state index in [2.05, 4.69) is 26.1 Å². The molecule has 0 bridgehead atoms. The molecule has 3 N–H and O–H groups in total. The highest BCUT2D eigenvalue weighted by molar-refractivity contribution is 5.95. The summed E-state index contributed by atoms with van der Waals surface area (Å²) in [6.07, 6.45) is 0. The normalized spacial score (nSPS) is 19.4. The molecule has 0 aromatic heterocycles. The highest BCUT2D eigenvalue weighted by Gasteiger charge is 2.27. The van der Waals surface area contributed by atoms with Crippen molar-refractivity contribution in [3.8, 4) is 0 Å². The van der Waals surface area contributed by atoms with Crippen LogP contribution in [-0.2, 0) is 10.2 Å². The van der Waals surface area contributed by atoms with Gasteiger partial charge in [-0.15, -0.1) is 0 Å². The first-order valence-electron chi connectivity index (χ1n) is 7.21. The van der Waals surface area contributed by atoms with Gasteiger partial charge in [0, 0.05) is 25.2 Å². The molecule has 1 saturated heterocycles. The third-order valence-corrected chi connectivity index (χ3v) is 3.80. The van der Waals surface area contributed by atoms with Crippen molar-refractivity contribution in [1.82, 2.24) is 10.2 Å². The summed E-state index contributed by atoms with van der Waals surface area (Å²) in [7, 11) is 0. The predicted molar refractivity (Wildman–Crippen MR) is 82.0 cm³/mol. The molecule has 2 amide bonds. The number of nitrogens with two attached hydrogens (primary N) is 1. The molecule has 21 heavy (non-hydrogen) atoms. The van der Waals surface area contributed by atoms with E-state index in [1.54, 1.807) is 4.90 Å². The zero-order valence-electron chi connectivity index (χ0n) is 12.8. The number of hydrogen-bond acceptors (Lipinski definition) is 3. The highest BCUT2D eigenvalue weighted by Crippen LogP contribution is 2.22. The molecule has 114 valence electrons. The maximum atomic E-state index is 12.5. The van der Waals surface area contributed by atoms with E-state index in [0.717, 1.165) is 0 Å². The molecular weight excluding hydrogens is 266 g/mol. The summed E-state index contributed by atoms with van der Waals surface area (Å²) in [5.74, 6) is -0.473. The Labute approximate surface area is 125 Å². The van der Waals surface area contributed by atoms with Crippen molar-refractivity contribution in [2.45, 2.75) is 32.2 Å². The molecule has 2 rings (SSSR count). The maximum absolute atomic E-state index is 12.5. The predicted octanol–water partition coefficient (Wildman–Crippen LogP) is 0.883. The Bertz CT molecular complexity index is 531. The molecule has 1 fully saturated rings. The van der Waals surface area contributed by atoms with Gasteiger partial charge in [-0.1, -0.05) is 32.9 Å². The summed E-state index contributed by atoms with van der Waals surface area (Å²) in [5.41, 5.74) is 7.20. The van der Waals surface area contributed by atoms with E-state index in [9.17, 15) is 9.59 Å². The lowest BCUT2D eigenvalue weighted by molar-refractivity contribution is -0.120. The van der Waals surface area contributed by atoms with Crippen LogP contribution < -0.4 is 11.1 Å². The zero-order valence-corrected chi connectivity index (χ0v) is 12.8. The van der Waals surface area contributed by atoms with E-state index < -0.39 is 11.9 Å². The van der Waals surface area contributed by atoms with Gasteiger partial charge < -0.3 is 16.0 Å². The van der Waals surface area contributed by atoms with Crippen molar-refractivity contribution >= 4 is 11.8 Å². The summed E-state index contributed by atoms with van der Waals surface area (Å²) < 4.78 is 0. The number of hydrogen-bond donors (Lipinski definition) is 2. The van der Waals surface area contributed by atoms with Gasteiger partial charge in [0.25, 0.3) is 5.91 Å². The minimum absolute atomic E-state index is 0.0526. The summed E-state index contributed by atoms with van der Waals surface area (Å²) >= 11 is 0. The molecule has 1 heterocycles. The molecule has 0 spiro atoms. The van der Waals surface area contributed by atoms with Crippen LogP contribution in [0.2, 0.25) is 0 Å². The third-order valence-electron chi connectivity index (χ3n) is 3.80. The van der Waals surface area contributed by atoms with Crippen molar-refractivity contribution in [3.05, 3.63) is 35.4 Å². The van der Waals surface area contributed by atoms with Crippen molar-refractivity contribution in [1.29, 1.82) is 0 Å². The second-order valence-electron chi connectivity index (χ2n) is 6.49. The lowest BCUT2D eigenvalue weighted by Gasteiger charge is -2.32. The maximum Gasteiger partial charge on any atom is 0.253 e. The minimum atomic E-state index is -0.462. The number of benzene rings is 1. The van der Waals surface area contributed by atoms with E-state index in [1.807, 2.05) is 24.3 Å². The van der Waals surface area contributed by atoms with E-state index in [4.69, 9.17) is 5.73 Å². The van der Waals surface area contributed by atoms with E-state index in [1.165, 1.54) is 5.56 Å². The fraction of sp³-hybridized carbons (Fsp3) is 0.500. The van der Waals surface area contributed by atoms with E-state index in [-0.39, 0.29) is 11.3 Å². The average molecular weight is 289 g/mol. The Balaban J connectivity index is 2.11. The van der Waals surface area contributed by atoms with Crippen LogP contribution in [0.1, 0.15) is 36.7 Å². The number of nitrogens with zero attached hydrogens (tertiary/aromatic N) is 1. The van der Waals surface area contributed by atoms with Gasteiger partial charge >= 0.3 is 0 Å². The smallest absolute Gasteiger partial charge is 0.253 e. The zero-order chi connectivity index (χ0) is 15.6. The molecule has 1 atom stereocenters. The SMILES string of the molecule is CC(C)(C)c1ccc(C(=O)N2CCN[C@H](C(N)=O)C2)cc1. The van der Waals surface area contributed by atoms with Crippen LogP contribution in [0.15, 0.2) is 24.3 Å². The van der Waals surface area contributed by atoms with Gasteiger partial charge in [-0.3, -0.25) is 9.59 Å². The molecule has 5 heteroatoms. The van der Waals surface area contributed by atoms with Gasteiger partial charge in [-0.05, 0) is 23.1 Å². The molecule has 0 radical (unpaired) electrons. The standard InChI is InChI=1S/C16H23N3O2/c1-16(2,3)12-6-4-11(5-7-12)15(21)19-9-8-18-13(10-19)14(17)20/h4-7,13,18H,8-10H2,1-3H3,(H2,17,20)/t13-/m0/s1. The molecule has 5 nitrogen and oxygen atoms in total. The number of carbonyl (C=O) groups is 2. The Morgan fingerprint density at radius 1 is 1.24 bits per heavy atom. The Morgan fingerprint density at radius 2 is 1.86 bits per heavy atom. The average Bonchev–Trinajstić information content (AvgIpc) is 2.46. The molecule has 1 aliphatic rings. The number of primary amides is 1. The number of piperazine rings is 1. The first kappa shape index (κ1) is 15.5. The van der Waals surface area contributed by atoms with Crippen LogP contribution in [0.4, 0.5) is 0 Å². The van der Waals surface area contributed by atoms with Gasteiger partial charge in [0.1, 0.15) is 6.04 Å². The highest BCUT2D eigenvalue weighted by atomic mass is 16.2. The Kier molecular flexibility index (Phi) is 4.32. The number of amides is 2. The topological polar surface area (TPSA) is 75.4 Å². The second-order valence-corrected chi connectivity index (χ2v) is 6.49. The van der Waals surface area contributed by atoms with Gasteiger partial charge in [0.15, 0.2) is 0 Å². The fourth-order valence-corrected chi connectivity index (χ4v) is 2.42. The van der Waals surface area contributed by atoms with Crippen molar-refractivity contribution in [2.75, 3.05) is 19.6 Å². The lowest BCUT2D eigenvalue weighted by Crippen LogP contribution is -2.57. The molecule has 1 aromatic carbocycles. The number of nitrogens with one attached hydrogen (secondary N) is 1. The molecule has 1 aliphatic heterocycles. The molecule has 0 unspecified atom stereocenters. The minimum Gasteiger partial charge on any atom is -0.368 e. The second kappa shape index (κ2) is 5.85.